The van der Waals surface area contributed by atoms with Crippen LogP contribution in [0.2, 0.25) is 0 Å². The molecule has 1 N–H and O–H groups in total. The average Bonchev–Trinajstić information content (AvgIpc) is 3.00. The predicted molar refractivity (Wildman–Crippen MR) is 93.6 cm³/mol. The molecule has 2 aromatic carbocycles. The van der Waals surface area contributed by atoms with Crippen LogP contribution in [0.25, 0.3) is 11.1 Å². The van der Waals surface area contributed by atoms with Crippen LogP contribution in [-0.2, 0) is 17.6 Å². The molecule has 5 nitrogen and oxygen atoms in total. The van der Waals surface area contributed by atoms with Gasteiger partial charge in [0, 0.05) is 24.0 Å². The van der Waals surface area contributed by atoms with Crippen molar-refractivity contribution >= 4 is 11.8 Å². The molecule has 5 heteroatoms. The summed E-state index contributed by atoms with van der Waals surface area (Å²) in [4.78, 5) is 23.1. The second kappa shape index (κ2) is 6.97. The van der Waals surface area contributed by atoms with E-state index in [-0.39, 0.29) is 12.2 Å². The molecule has 0 radical (unpaired) electrons. The SMILES string of the molecule is COc1ccc(-c2cccc3c2CCC3=O)c(CCC(=O)O)c1OC. The Morgan fingerprint density at radius 1 is 1.04 bits per heavy atom. The van der Waals surface area contributed by atoms with Crippen molar-refractivity contribution in [2.24, 2.45) is 0 Å². The number of carboxylic acid groups (broad SMARTS) is 1. The number of fused-ring (bicyclic) bond motifs is 1. The Morgan fingerprint density at radius 2 is 1.80 bits per heavy atom. The number of carbonyl (C=O) groups excluding carboxylic acids is 1. The first-order valence-electron chi connectivity index (χ1n) is 8.18. The Bertz CT molecular complexity index is 838. The number of ether oxygens (including phenoxy) is 2. The summed E-state index contributed by atoms with van der Waals surface area (Å²) in [5, 5.41) is 9.10. The van der Waals surface area contributed by atoms with E-state index < -0.39 is 5.97 Å². The van der Waals surface area contributed by atoms with Gasteiger partial charge in [-0.15, -0.1) is 0 Å². The topological polar surface area (TPSA) is 72.8 Å². The van der Waals surface area contributed by atoms with Crippen molar-refractivity contribution in [3.05, 3.63) is 47.0 Å². The van der Waals surface area contributed by atoms with Gasteiger partial charge in [-0.1, -0.05) is 24.3 Å². The largest absolute Gasteiger partial charge is 0.493 e. The number of benzene rings is 2. The fourth-order valence-corrected chi connectivity index (χ4v) is 3.47. The zero-order valence-corrected chi connectivity index (χ0v) is 14.3. The van der Waals surface area contributed by atoms with Crippen molar-refractivity contribution in [1.82, 2.24) is 0 Å². The van der Waals surface area contributed by atoms with Gasteiger partial charge in [-0.05, 0) is 35.6 Å². The molecule has 25 heavy (non-hydrogen) atoms. The van der Waals surface area contributed by atoms with Gasteiger partial charge in [0.05, 0.1) is 14.2 Å². The highest BCUT2D eigenvalue weighted by Gasteiger charge is 2.25. The quantitative estimate of drug-likeness (QED) is 0.871. The molecule has 1 aliphatic rings. The maximum absolute atomic E-state index is 12.1. The van der Waals surface area contributed by atoms with Gasteiger partial charge in [-0.2, -0.15) is 0 Å². The van der Waals surface area contributed by atoms with Crippen LogP contribution in [-0.4, -0.2) is 31.1 Å². The van der Waals surface area contributed by atoms with Crippen LogP contribution in [0, 0.1) is 0 Å². The number of aliphatic carboxylic acids is 1. The Kier molecular flexibility index (Phi) is 4.74. The summed E-state index contributed by atoms with van der Waals surface area (Å²) in [7, 11) is 3.10. The minimum atomic E-state index is -0.871. The van der Waals surface area contributed by atoms with Crippen molar-refractivity contribution in [2.45, 2.75) is 25.7 Å². The van der Waals surface area contributed by atoms with Gasteiger partial charge in [-0.3, -0.25) is 9.59 Å². The molecule has 0 bridgehead atoms. The highest BCUT2D eigenvalue weighted by molar-refractivity contribution is 6.02. The fourth-order valence-electron chi connectivity index (χ4n) is 3.47. The molecule has 0 unspecified atom stereocenters. The maximum Gasteiger partial charge on any atom is 0.303 e. The number of carbonyl (C=O) groups is 2. The Morgan fingerprint density at radius 3 is 2.48 bits per heavy atom. The fraction of sp³-hybridized carbons (Fsp3) is 0.300. The lowest BCUT2D eigenvalue weighted by Crippen LogP contribution is -2.04. The number of ketones is 1. The van der Waals surface area contributed by atoms with E-state index in [9.17, 15) is 9.59 Å². The van der Waals surface area contributed by atoms with Crippen LogP contribution in [0.1, 0.15) is 34.3 Å². The number of Topliss-reactive ketones (excluding diaryl/α,β-unsaturated/α-hetero) is 1. The molecule has 130 valence electrons. The van der Waals surface area contributed by atoms with Crippen LogP contribution in [0.4, 0.5) is 0 Å². The van der Waals surface area contributed by atoms with Crippen LogP contribution in [0.15, 0.2) is 30.3 Å². The summed E-state index contributed by atoms with van der Waals surface area (Å²) in [6.07, 6.45) is 1.54. The molecule has 0 atom stereocenters. The highest BCUT2D eigenvalue weighted by atomic mass is 16.5. The molecular formula is C20H20O5. The van der Waals surface area contributed by atoms with Crippen molar-refractivity contribution in [2.75, 3.05) is 14.2 Å². The Labute approximate surface area is 146 Å². The maximum atomic E-state index is 12.1. The van der Waals surface area contributed by atoms with Gasteiger partial charge in [0.2, 0.25) is 0 Å². The van der Waals surface area contributed by atoms with Gasteiger partial charge in [0.25, 0.3) is 0 Å². The summed E-state index contributed by atoms with van der Waals surface area (Å²) in [6.45, 7) is 0. The van der Waals surface area contributed by atoms with E-state index in [1.165, 1.54) is 0 Å². The van der Waals surface area contributed by atoms with Gasteiger partial charge in [-0.25, -0.2) is 0 Å². The van der Waals surface area contributed by atoms with Crippen LogP contribution >= 0.6 is 0 Å². The van der Waals surface area contributed by atoms with Crippen molar-refractivity contribution in [3.63, 3.8) is 0 Å². The van der Waals surface area contributed by atoms with E-state index in [0.717, 1.165) is 27.8 Å². The van der Waals surface area contributed by atoms with Gasteiger partial charge in [0.15, 0.2) is 17.3 Å². The van der Waals surface area contributed by atoms with Crippen LogP contribution in [0.5, 0.6) is 11.5 Å². The lowest BCUT2D eigenvalue weighted by molar-refractivity contribution is -0.136. The first-order valence-corrected chi connectivity index (χ1v) is 8.18. The molecule has 3 rings (SSSR count). The lowest BCUT2D eigenvalue weighted by Gasteiger charge is -2.18. The third-order valence-corrected chi connectivity index (χ3v) is 4.61. The van der Waals surface area contributed by atoms with E-state index in [2.05, 4.69) is 0 Å². The smallest absolute Gasteiger partial charge is 0.303 e. The minimum absolute atomic E-state index is 0.00944. The van der Waals surface area contributed by atoms with Gasteiger partial charge < -0.3 is 14.6 Å². The molecule has 0 amide bonds. The lowest BCUT2D eigenvalue weighted by atomic mass is 9.90. The molecule has 0 aliphatic heterocycles. The number of carboxylic acids is 1. The van der Waals surface area contributed by atoms with Gasteiger partial charge in [0.1, 0.15) is 0 Å². The Balaban J connectivity index is 2.19. The predicted octanol–water partition coefficient (Wildman–Crippen LogP) is 3.52. The number of hydrogen-bond acceptors (Lipinski definition) is 4. The highest BCUT2D eigenvalue weighted by Crippen LogP contribution is 2.41. The van der Waals surface area contributed by atoms with Crippen molar-refractivity contribution in [1.29, 1.82) is 0 Å². The zero-order chi connectivity index (χ0) is 18.0. The summed E-state index contributed by atoms with van der Waals surface area (Å²) < 4.78 is 10.9. The van der Waals surface area contributed by atoms with E-state index in [1.807, 2.05) is 30.3 Å². The molecule has 0 fully saturated rings. The standard InChI is InChI=1S/C20H20O5/c1-24-18-10-7-14(16(20(18)25-2)8-11-19(22)23)12-4-3-5-15-13(12)6-9-17(15)21/h3-5,7,10H,6,8-9,11H2,1-2H3,(H,22,23). The normalized spacial score (nSPS) is 12.8. The first kappa shape index (κ1) is 17.0. The minimum Gasteiger partial charge on any atom is -0.493 e. The molecule has 0 spiro atoms. The average molecular weight is 340 g/mol. The number of rotatable bonds is 6. The van der Waals surface area contributed by atoms with Crippen molar-refractivity contribution < 1.29 is 24.2 Å². The number of methoxy groups -OCH3 is 2. The molecule has 0 saturated heterocycles. The van der Waals surface area contributed by atoms with Gasteiger partial charge >= 0.3 is 5.97 Å². The molecule has 2 aromatic rings. The zero-order valence-electron chi connectivity index (χ0n) is 14.3. The summed E-state index contributed by atoms with van der Waals surface area (Å²) in [5.74, 6) is 0.396. The molecule has 0 aromatic heterocycles. The molecule has 0 heterocycles. The molecule has 0 saturated carbocycles. The van der Waals surface area contributed by atoms with E-state index in [0.29, 0.717) is 30.8 Å². The molecular weight excluding hydrogens is 320 g/mol. The van der Waals surface area contributed by atoms with Crippen molar-refractivity contribution in [3.8, 4) is 22.6 Å². The summed E-state index contributed by atoms with van der Waals surface area (Å²) in [5.41, 5.74) is 4.43. The van der Waals surface area contributed by atoms with E-state index >= 15 is 0 Å². The second-order valence-electron chi connectivity index (χ2n) is 5.98. The van der Waals surface area contributed by atoms with Crippen LogP contribution in [0.3, 0.4) is 0 Å². The van der Waals surface area contributed by atoms with Crippen LogP contribution < -0.4 is 9.47 Å². The first-order chi connectivity index (χ1) is 12.1. The second-order valence-corrected chi connectivity index (χ2v) is 5.98. The third kappa shape index (κ3) is 3.09. The summed E-state index contributed by atoms with van der Waals surface area (Å²) >= 11 is 0. The summed E-state index contributed by atoms with van der Waals surface area (Å²) in [6, 6.07) is 9.43. The monoisotopic (exact) mass is 340 g/mol. The Hall–Kier alpha value is -2.82. The molecule has 1 aliphatic carbocycles. The number of hydrogen-bond donors (Lipinski definition) is 1. The van der Waals surface area contributed by atoms with E-state index in [4.69, 9.17) is 14.6 Å². The third-order valence-electron chi connectivity index (χ3n) is 4.61. The van der Waals surface area contributed by atoms with E-state index in [1.54, 1.807) is 14.2 Å².